The Hall–Kier alpha value is -0.970. The van der Waals surface area contributed by atoms with Crippen molar-refractivity contribution >= 4 is 23.7 Å². The lowest BCUT2D eigenvalue weighted by Gasteiger charge is -2.24. The summed E-state index contributed by atoms with van der Waals surface area (Å²) in [5.74, 6) is -0.375. The van der Waals surface area contributed by atoms with Crippen LogP contribution in [-0.4, -0.2) is 36.2 Å². The van der Waals surface area contributed by atoms with Crippen molar-refractivity contribution < 1.29 is 19.1 Å². The van der Waals surface area contributed by atoms with Crippen LogP contribution in [0, 0.1) is 5.92 Å². The Balaban J connectivity index is 4.45. The third kappa shape index (κ3) is 7.37. The monoisotopic (exact) mass is 279 g/mol. The van der Waals surface area contributed by atoms with Gasteiger partial charge in [-0.05, 0) is 26.7 Å². The minimum absolute atomic E-state index is 0.0969. The van der Waals surface area contributed by atoms with Gasteiger partial charge in [0.15, 0.2) is 0 Å². The second-order valence-electron chi connectivity index (χ2n) is 5.22. The zero-order chi connectivity index (χ0) is 14.3. The van der Waals surface area contributed by atoms with Gasteiger partial charge in [-0.3, -0.25) is 0 Å². The molecule has 0 saturated carbocycles. The zero-order valence-corrected chi connectivity index (χ0v) is 12.3. The maximum Gasteiger partial charge on any atom is 0.408 e. The SMILES string of the molecule is CC(C)[C@H](NC(=O)OC(C)(C)C)C(=O)OCCCl. The summed E-state index contributed by atoms with van der Waals surface area (Å²) in [6.07, 6.45) is -0.635. The Kier molecular flexibility index (Phi) is 7.06. The molecule has 1 atom stereocenters. The van der Waals surface area contributed by atoms with E-state index >= 15 is 0 Å². The molecule has 0 radical (unpaired) electrons. The number of amides is 1. The molecule has 0 saturated heterocycles. The van der Waals surface area contributed by atoms with E-state index in [9.17, 15) is 9.59 Å². The van der Waals surface area contributed by atoms with Crippen LogP contribution in [0.4, 0.5) is 4.79 Å². The second-order valence-corrected chi connectivity index (χ2v) is 5.60. The molecule has 0 aromatic carbocycles. The average Bonchev–Trinajstić information content (AvgIpc) is 2.19. The summed E-state index contributed by atoms with van der Waals surface area (Å²) in [6.45, 7) is 9.00. The van der Waals surface area contributed by atoms with E-state index in [0.29, 0.717) is 0 Å². The van der Waals surface area contributed by atoms with Crippen molar-refractivity contribution in [3.63, 3.8) is 0 Å². The summed E-state index contributed by atoms with van der Waals surface area (Å²) in [5, 5.41) is 2.50. The summed E-state index contributed by atoms with van der Waals surface area (Å²) in [5.41, 5.74) is -0.605. The maximum absolute atomic E-state index is 11.7. The Morgan fingerprint density at radius 1 is 1.28 bits per heavy atom. The molecule has 0 fully saturated rings. The molecule has 0 bridgehead atoms. The van der Waals surface area contributed by atoms with Gasteiger partial charge in [-0.15, -0.1) is 11.6 Å². The van der Waals surface area contributed by atoms with Crippen molar-refractivity contribution in [2.24, 2.45) is 5.92 Å². The van der Waals surface area contributed by atoms with E-state index in [1.807, 2.05) is 13.8 Å². The van der Waals surface area contributed by atoms with Crippen molar-refractivity contribution in [1.29, 1.82) is 0 Å². The van der Waals surface area contributed by atoms with Crippen LogP contribution in [0.2, 0.25) is 0 Å². The molecule has 1 amide bonds. The largest absolute Gasteiger partial charge is 0.463 e. The topological polar surface area (TPSA) is 64.6 Å². The molecule has 0 aromatic rings. The number of ether oxygens (including phenoxy) is 2. The van der Waals surface area contributed by atoms with Crippen LogP contribution < -0.4 is 5.32 Å². The van der Waals surface area contributed by atoms with E-state index in [2.05, 4.69) is 5.32 Å². The minimum atomic E-state index is -0.733. The Bertz CT molecular complexity index is 286. The number of rotatable bonds is 5. The van der Waals surface area contributed by atoms with Gasteiger partial charge in [-0.1, -0.05) is 13.8 Å². The molecule has 5 nitrogen and oxygen atoms in total. The molecule has 0 aliphatic rings. The van der Waals surface area contributed by atoms with Gasteiger partial charge in [-0.2, -0.15) is 0 Å². The molecule has 0 aliphatic heterocycles. The van der Waals surface area contributed by atoms with Crippen LogP contribution >= 0.6 is 11.6 Å². The Labute approximate surface area is 113 Å². The highest BCUT2D eigenvalue weighted by Crippen LogP contribution is 2.09. The first-order valence-electron chi connectivity index (χ1n) is 5.89. The van der Waals surface area contributed by atoms with E-state index in [1.54, 1.807) is 20.8 Å². The zero-order valence-electron chi connectivity index (χ0n) is 11.6. The Morgan fingerprint density at radius 2 is 1.83 bits per heavy atom. The predicted molar refractivity (Wildman–Crippen MR) is 69.7 cm³/mol. The molecule has 0 aromatic heterocycles. The number of halogens is 1. The third-order valence-electron chi connectivity index (χ3n) is 1.91. The lowest BCUT2D eigenvalue weighted by atomic mass is 10.1. The van der Waals surface area contributed by atoms with E-state index in [0.717, 1.165) is 0 Å². The maximum atomic E-state index is 11.7. The first-order chi connectivity index (χ1) is 8.17. The first kappa shape index (κ1) is 17.0. The number of alkyl carbamates (subject to hydrolysis) is 1. The summed E-state index contributed by atoms with van der Waals surface area (Å²) in [7, 11) is 0. The molecular formula is C12H22ClNO4. The molecule has 18 heavy (non-hydrogen) atoms. The molecule has 0 heterocycles. The van der Waals surface area contributed by atoms with Crippen LogP contribution in [0.25, 0.3) is 0 Å². The summed E-state index contributed by atoms with van der Waals surface area (Å²) in [6, 6.07) is -0.733. The highest BCUT2D eigenvalue weighted by molar-refractivity contribution is 6.18. The van der Waals surface area contributed by atoms with E-state index in [-0.39, 0.29) is 18.4 Å². The number of carbonyl (C=O) groups excluding carboxylic acids is 2. The standard InChI is InChI=1S/C12H22ClNO4/c1-8(2)9(10(15)17-7-6-13)14-11(16)18-12(3,4)5/h8-9H,6-7H2,1-5H3,(H,14,16)/t9-/m0/s1. The number of carbonyl (C=O) groups is 2. The second kappa shape index (κ2) is 7.46. The lowest BCUT2D eigenvalue weighted by Crippen LogP contribution is -2.47. The highest BCUT2D eigenvalue weighted by Gasteiger charge is 2.27. The van der Waals surface area contributed by atoms with Crippen molar-refractivity contribution in [2.75, 3.05) is 12.5 Å². The molecule has 1 N–H and O–H groups in total. The van der Waals surface area contributed by atoms with Gasteiger partial charge < -0.3 is 14.8 Å². The van der Waals surface area contributed by atoms with E-state index in [1.165, 1.54) is 0 Å². The number of nitrogens with one attached hydrogen (secondary N) is 1. The molecular weight excluding hydrogens is 258 g/mol. The summed E-state index contributed by atoms with van der Waals surface area (Å²) < 4.78 is 9.99. The Morgan fingerprint density at radius 3 is 2.22 bits per heavy atom. The smallest absolute Gasteiger partial charge is 0.408 e. The lowest BCUT2D eigenvalue weighted by molar-refractivity contribution is -0.146. The van der Waals surface area contributed by atoms with Gasteiger partial charge in [-0.25, -0.2) is 9.59 Å². The van der Waals surface area contributed by atoms with Gasteiger partial charge in [0.05, 0.1) is 5.88 Å². The number of alkyl halides is 1. The summed E-state index contributed by atoms with van der Waals surface area (Å²) >= 11 is 5.43. The number of hydrogen-bond acceptors (Lipinski definition) is 4. The van der Waals surface area contributed by atoms with Crippen LogP contribution in [0.3, 0.4) is 0 Å². The molecule has 6 heteroatoms. The first-order valence-corrected chi connectivity index (χ1v) is 6.43. The van der Waals surface area contributed by atoms with E-state index in [4.69, 9.17) is 21.1 Å². The van der Waals surface area contributed by atoms with Crippen LogP contribution in [-0.2, 0) is 14.3 Å². The highest BCUT2D eigenvalue weighted by atomic mass is 35.5. The number of hydrogen-bond donors (Lipinski definition) is 1. The fourth-order valence-electron chi connectivity index (χ4n) is 1.16. The van der Waals surface area contributed by atoms with Gasteiger partial charge >= 0.3 is 12.1 Å². The normalized spacial score (nSPS) is 13.1. The van der Waals surface area contributed by atoms with Crippen LogP contribution in [0.15, 0.2) is 0 Å². The number of esters is 1. The van der Waals surface area contributed by atoms with Crippen molar-refractivity contribution in [3.8, 4) is 0 Å². The summed E-state index contributed by atoms with van der Waals surface area (Å²) in [4.78, 5) is 23.3. The third-order valence-corrected chi connectivity index (χ3v) is 2.07. The fraction of sp³-hybridized carbons (Fsp3) is 0.833. The van der Waals surface area contributed by atoms with Gasteiger partial charge in [0.2, 0.25) is 0 Å². The molecule has 0 aliphatic carbocycles. The van der Waals surface area contributed by atoms with Gasteiger partial charge in [0.25, 0.3) is 0 Å². The van der Waals surface area contributed by atoms with Crippen LogP contribution in [0.5, 0.6) is 0 Å². The van der Waals surface area contributed by atoms with Crippen molar-refractivity contribution in [3.05, 3.63) is 0 Å². The molecule has 0 rings (SSSR count). The van der Waals surface area contributed by atoms with Crippen molar-refractivity contribution in [2.45, 2.75) is 46.3 Å². The minimum Gasteiger partial charge on any atom is -0.463 e. The molecule has 0 unspecified atom stereocenters. The predicted octanol–water partition coefficient (Wildman–Crippen LogP) is 2.32. The quantitative estimate of drug-likeness (QED) is 0.620. The van der Waals surface area contributed by atoms with E-state index < -0.39 is 23.7 Å². The van der Waals surface area contributed by atoms with Gasteiger partial charge in [0.1, 0.15) is 18.2 Å². The molecule has 106 valence electrons. The molecule has 0 spiro atoms. The van der Waals surface area contributed by atoms with Crippen molar-refractivity contribution in [1.82, 2.24) is 5.32 Å². The van der Waals surface area contributed by atoms with Crippen LogP contribution in [0.1, 0.15) is 34.6 Å². The fourth-order valence-corrected chi connectivity index (χ4v) is 1.24. The average molecular weight is 280 g/mol. The van der Waals surface area contributed by atoms with Gasteiger partial charge in [0, 0.05) is 0 Å².